The second-order valence-electron chi connectivity index (χ2n) is 6.79. The minimum atomic E-state index is -0.275. The summed E-state index contributed by atoms with van der Waals surface area (Å²) in [6.07, 6.45) is 2.04. The molecule has 1 aromatic heterocycles. The molecule has 0 saturated carbocycles. The number of furan rings is 1. The third-order valence-electron chi connectivity index (χ3n) is 4.85. The van der Waals surface area contributed by atoms with Crippen LogP contribution in [0.3, 0.4) is 0 Å². The van der Waals surface area contributed by atoms with Gasteiger partial charge >= 0.3 is 0 Å². The molecule has 0 bridgehead atoms. The van der Waals surface area contributed by atoms with E-state index in [1.54, 1.807) is 34.9 Å². The smallest absolute Gasteiger partial charge is 0.291 e. The monoisotopic (exact) mass is 410 g/mol. The van der Waals surface area contributed by atoms with Crippen LogP contribution in [0.1, 0.15) is 26.5 Å². The largest absolute Gasteiger partial charge is 0.449 e. The van der Waals surface area contributed by atoms with Crippen molar-refractivity contribution in [1.29, 1.82) is 0 Å². The van der Waals surface area contributed by atoms with Crippen LogP contribution in [0.5, 0.6) is 0 Å². The first-order chi connectivity index (χ1) is 14.2. The number of para-hydroxylation sites is 1. The Kier molecular flexibility index (Phi) is 5.87. The Morgan fingerprint density at radius 3 is 2.52 bits per heavy atom. The second kappa shape index (κ2) is 8.71. The van der Waals surface area contributed by atoms with Crippen LogP contribution in [0.25, 0.3) is 11.0 Å². The number of morpholine rings is 1. The number of ether oxygens (including phenoxy) is 1. The first-order valence-corrected chi connectivity index (χ1v) is 10.8. The molecule has 1 N–H and O–H groups in total. The van der Waals surface area contributed by atoms with Crippen molar-refractivity contribution in [3.63, 3.8) is 0 Å². The van der Waals surface area contributed by atoms with E-state index in [1.165, 1.54) is 0 Å². The minimum Gasteiger partial charge on any atom is -0.449 e. The molecule has 0 atom stereocenters. The van der Waals surface area contributed by atoms with Gasteiger partial charge in [-0.1, -0.05) is 24.3 Å². The zero-order valence-electron chi connectivity index (χ0n) is 16.1. The fourth-order valence-electron chi connectivity index (χ4n) is 3.33. The zero-order chi connectivity index (χ0) is 20.2. The van der Waals surface area contributed by atoms with Crippen molar-refractivity contribution >= 4 is 40.2 Å². The quantitative estimate of drug-likeness (QED) is 0.688. The number of nitrogens with zero attached hydrogens (tertiary/aromatic N) is 1. The van der Waals surface area contributed by atoms with Gasteiger partial charge in [-0.3, -0.25) is 9.59 Å². The van der Waals surface area contributed by atoms with Crippen LogP contribution in [-0.2, 0) is 10.5 Å². The minimum absolute atomic E-state index is 0.153. The van der Waals surface area contributed by atoms with E-state index in [0.29, 0.717) is 48.5 Å². The molecule has 29 heavy (non-hydrogen) atoms. The Morgan fingerprint density at radius 1 is 1.07 bits per heavy atom. The number of amides is 2. The van der Waals surface area contributed by atoms with E-state index in [4.69, 9.17) is 9.15 Å². The molecule has 1 aliphatic rings. The predicted molar refractivity (Wildman–Crippen MR) is 115 cm³/mol. The molecule has 2 aromatic carbocycles. The fraction of sp³-hybridized carbons (Fsp3) is 0.273. The number of nitrogens with one attached hydrogen (secondary N) is 1. The molecule has 0 aliphatic carbocycles. The lowest BCUT2D eigenvalue weighted by Gasteiger charge is -2.26. The van der Waals surface area contributed by atoms with Gasteiger partial charge in [0, 0.05) is 29.8 Å². The first-order valence-electron chi connectivity index (χ1n) is 9.45. The standard InChI is InChI=1S/C22H22N2O4S/c1-29-14-15-6-8-16(9-7-15)21(25)23-19-17-4-2-3-5-18(17)28-20(19)22(26)24-10-12-27-13-11-24/h2-9H,10-14H2,1H3,(H,23,25). The number of benzene rings is 2. The summed E-state index contributed by atoms with van der Waals surface area (Å²) in [6, 6.07) is 14.8. The molecular weight excluding hydrogens is 388 g/mol. The molecule has 1 fully saturated rings. The summed E-state index contributed by atoms with van der Waals surface area (Å²) in [5, 5.41) is 3.61. The van der Waals surface area contributed by atoms with Crippen molar-refractivity contribution in [3.8, 4) is 0 Å². The van der Waals surface area contributed by atoms with Crippen LogP contribution in [0, 0.1) is 0 Å². The van der Waals surface area contributed by atoms with E-state index in [-0.39, 0.29) is 17.6 Å². The van der Waals surface area contributed by atoms with Crippen LogP contribution in [-0.4, -0.2) is 49.3 Å². The Balaban J connectivity index is 1.64. The zero-order valence-corrected chi connectivity index (χ0v) is 17.0. The summed E-state index contributed by atoms with van der Waals surface area (Å²) in [5.41, 5.74) is 2.67. The summed E-state index contributed by atoms with van der Waals surface area (Å²) >= 11 is 1.73. The summed E-state index contributed by atoms with van der Waals surface area (Å²) in [4.78, 5) is 27.6. The average Bonchev–Trinajstić information content (AvgIpc) is 3.13. The molecule has 0 radical (unpaired) electrons. The van der Waals surface area contributed by atoms with E-state index in [1.807, 2.05) is 36.6 Å². The highest BCUT2D eigenvalue weighted by Gasteiger charge is 2.27. The van der Waals surface area contributed by atoms with Crippen molar-refractivity contribution < 1.29 is 18.7 Å². The Hall–Kier alpha value is -2.77. The van der Waals surface area contributed by atoms with Gasteiger partial charge in [0.15, 0.2) is 0 Å². The van der Waals surface area contributed by atoms with E-state index in [2.05, 4.69) is 5.32 Å². The summed E-state index contributed by atoms with van der Waals surface area (Å²) in [7, 11) is 0. The van der Waals surface area contributed by atoms with Crippen molar-refractivity contribution in [2.24, 2.45) is 0 Å². The molecule has 0 spiro atoms. The van der Waals surface area contributed by atoms with Gasteiger partial charge in [0.05, 0.1) is 13.2 Å². The van der Waals surface area contributed by atoms with Gasteiger partial charge in [0.1, 0.15) is 11.3 Å². The van der Waals surface area contributed by atoms with Crippen LogP contribution in [0.4, 0.5) is 5.69 Å². The average molecular weight is 410 g/mol. The number of thioether (sulfide) groups is 1. The van der Waals surface area contributed by atoms with Gasteiger partial charge in [-0.05, 0) is 36.1 Å². The Morgan fingerprint density at radius 2 is 1.79 bits per heavy atom. The van der Waals surface area contributed by atoms with Crippen LogP contribution in [0.15, 0.2) is 52.9 Å². The molecule has 1 aliphatic heterocycles. The van der Waals surface area contributed by atoms with Gasteiger partial charge in [0.2, 0.25) is 5.76 Å². The topological polar surface area (TPSA) is 71.8 Å². The van der Waals surface area contributed by atoms with Gasteiger partial charge in [0.25, 0.3) is 11.8 Å². The lowest BCUT2D eigenvalue weighted by molar-refractivity contribution is 0.0285. The fourth-order valence-corrected chi connectivity index (χ4v) is 3.86. The molecule has 4 rings (SSSR count). The maximum Gasteiger partial charge on any atom is 0.291 e. The van der Waals surface area contributed by atoms with Crippen LogP contribution in [0.2, 0.25) is 0 Å². The molecule has 3 aromatic rings. The van der Waals surface area contributed by atoms with Crippen molar-refractivity contribution in [3.05, 3.63) is 65.4 Å². The van der Waals surface area contributed by atoms with Crippen LogP contribution >= 0.6 is 11.8 Å². The third kappa shape index (κ3) is 4.16. The van der Waals surface area contributed by atoms with Gasteiger partial charge in [-0.15, -0.1) is 0 Å². The third-order valence-corrected chi connectivity index (χ3v) is 5.48. The number of hydrogen-bond donors (Lipinski definition) is 1. The number of carbonyl (C=O) groups excluding carboxylic acids is 2. The van der Waals surface area contributed by atoms with Crippen LogP contribution < -0.4 is 5.32 Å². The number of fused-ring (bicyclic) bond motifs is 1. The maximum absolute atomic E-state index is 13.0. The van der Waals surface area contributed by atoms with Crippen molar-refractivity contribution in [2.45, 2.75) is 5.75 Å². The number of hydrogen-bond acceptors (Lipinski definition) is 5. The van der Waals surface area contributed by atoms with Crippen molar-refractivity contribution in [2.75, 3.05) is 37.9 Å². The highest BCUT2D eigenvalue weighted by molar-refractivity contribution is 7.97. The van der Waals surface area contributed by atoms with Gasteiger partial charge in [-0.2, -0.15) is 11.8 Å². The molecule has 2 amide bonds. The van der Waals surface area contributed by atoms with E-state index in [9.17, 15) is 9.59 Å². The SMILES string of the molecule is CSCc1ccc(C(=O)Nc2c(C(=O)N3CCOCC3)oc3ccccc23)cc1. The Labute approximate surface area is 173 Å². The highest BCUT2D eigenvalue weighted by Crippen LogP contribution is 2.32. The molecule has 7 heteroatoms. The van der Waals surface area contributed by atoms with Crippen molar-refractivity contribution in [1.82, 2.24) is 4.90 Å². The molecule has 2 heterocycles. The number of carbonyl (C=O) groups is 2. The Bertz CT molecular complexity index is 1020. The van der Waals surface area contributed by atoms with E-state index in [0.717, 1.165) is 11.3 Å². The number of anilines is 1. The molecule has 1 saturated heterocycles. The molecule has 0 unspecified atom stereocenters. The van der Waals surface area contributed by atoms with Gasteiger partial charge < -0.3 is 19.4 Å². The molecular formula is C22H22N2O4S. The predicted octanol–water partition coefficient (Wildman–Crippen LogP) is 4.02. The normalized spacial score (nSPS) is 14.2. The summed E-state index contributed by atoms with van der Waals surface area (Å²) in [5.74, 6) is 0.533. The maximum atomic E-state index is 13.0. The highest BCUT2D eigenvalue weighted by atomic mass is 32.2. The first kappa shape index (κ1) is 19.5. The lowest BCUT2D eigenvalue weighted by Crippen LogP contribution is -2.40. The lowest BCUT2D eigenvalue weighted by atomic mass is 10.1. The molecule has 150 valence electrons. The number of rotatable bonds is 5. The summed E-state index contributed by atoms with van der Waals surface area (Å²) in [6.45, 7) is 1.99. The molecule has 6 nitrogen and oxygen atoms in total. The van der Waals surface area contributed by atoms with Gasteiger partial charge in [-0.25, -0.2) is 0 Å². The summed E-state index contributed by atoms with van der Waals surface area (Å²) < 4.78 is 11.2. The van der Waals surface area contributed by atoms with E-state index < -0.39 is 0 Å². The van der Waals surface area contributed by atoms with E-state index >= 15 is 0 Å². The second-order valence-corrected chi connectivity index (χ2v) is 7.66.